The number of anilines is 1. The van der Waals surface area contributed by atoms with Gasteiger partial charge < -0.3 is 14.9 Å². The minimum Gasteiger partial charge on any atom is -0.361 e. The molecule has 5 heteroatoms. The summed E-state index contributed by atoms with van der Waals surface area (Å²) in [5.41, 5.74) is 8.40. The molecule has 1 atom stereocenters. The summed E-state index contributed by atoms with van der Waals surface area (Å²) >= 11 is 3.60. The number of nitrogens with one attached hydrogen (secondary N) is 2. The van der Waals surface area contributed by atoms with Crippen LogP contribution in [0, 0.1) is 13.8 Å². The second-order valence-electron chi connectivity index (χ2n) is 10.2. The summed E-state index contributed by atoms with van der Waals surface area (Å²) < 4.78 is 0.995. The van der Waals surface area contributed by atoms with Crippen molar-refractivity contribution in [1.82, 2.24) is 9.97 Å². The number of H-pyrrole nitrogens is 2. The number of aromatic amines is 2. The number of hydrogen-bond acceptors (Lipinski definition) is 1. The van der Waals surface area contributed by atoms with Crippen LogP contribution in [0.25, 0.3) is 21.8 Å². The number of amides is 1. The first-order valence-corrected chi connectivity index (χ1v) is 13.6. The molecule has 3 heterocycles. The normalized spacial score (nSPS) is 17.0. The Kier molecular flexibility index (Phi) is 5.14. The van der Waals surface area contributed by atoms with Crippen LogP contribution >= 0.6 is 15.9 Å². The second kappa shape index (κ2) is 8.47. The van der Waals surface area contributed by atoms with Crippen LogP contribution in [0.5, 0.6) is 0 Å². The fourth-order valence-corrected chi connectivity index (χ4v) is 6.55. The predicted octanol–water partition coefficient (Wildman–Crippen LogP) is 7.91. The van der Waals surface area contributed by atoms with Crippen molar-refractivity contribution in [1.29, 1.82) is 0 Å². The van der Waals surface area contributed by atoms with Crippen molar-refractivity contribution in [3.63, 3.8) is 0 Å². The summed E-state index contributed by atoms with van der Waals surface area (Å²) in [7, 11) is 0. The maximum absolute atomic E-state index is 15.0. The number of halogens is 1. The third-order valence-corrected chi connectivity index (χ3v) is 8.63. The van der Waals surface area contributed by atoms with Crippen LogP contribution in [0.2, 0.25) is 0 Å². The van der Waals surface area contributed by atoms with Gasteiger partial charge in [0.1, 0.15) is 5.41 Å². The number of fused-ring (bicyclic) bond motifs is 3. The number of carbonyl (C=O) groups excluding carboxylic acids is 1. The van der Waals surface area contributed by atoms with Crippen molar-refractivity contribution >= 4 is 49.3 Å². The molecule has 6 aromatic rings. The molecule has 1 amide bonds. The Hall–Kier alpha value is -4.09. The lowest BCUT2D eigenvalue weighted by Crippen LogP contribution is -2.42. The van der Waals surface area contributed by atoms with Gasteiger partial charge in [0.25, 0.3) is 0 Å². The Morgan fingerprint density at radius 2 is 1.58 bits per heavy atom. The predicted molar refractivity (Wildman–Crippen MR) is 158 cm³/mol. The molecule has 0 saturated carbocycles. The van der Waals surface area contributed by atoms with Gasteiger partial charge >= 0.3 is 0 Å². The largest absolute Gasteiger partial charge is 0.361 e. The van der Waals surface area contributed by atoms with Crippen LogP contribution in [-0.2, 0) is 16.8 Å². The van der Waals surface area contributed by atoms with Crippen LogP contribution in [0.15, 0.2) is 102 Å². The van der Waals surface area contributed by atoms with E-state index in [9.17, 15) is 4.79 Å². The topological polar surface area (TPSA) is 51.9 Å². The molecule has 0 aliphatic carbocycles. The summed E-state index contributed by atoms with van der Waals surface area (Å²) in [6.45, 7) is 4.74. The smallest absolute Gasteiger partial charge is 0.247 e. The van der Waals surface area contributed by atoms with Gasteiger partial charge in [-0.1, -0.05) is 82.7 Å². The maximum atomic E-state index is 15.0. The highest BCUT2D eigenvalue weighted by atomic mass is 79.9. The zero-order chi connectivity index (χ0) is 26.0. The highest BCUT2D eigenvalue weighted by Gasteiger charge is 2.54. The monoisotopic (exact) mass is 559 g/mol. The van der Waals surface area contributed by atoms with Gasteiger partial charge in [0.2, 0.25) is 5.91 Å². The lowest BCUT2D eigenvalue weighted by Gasteiger charge is -2.30. The molecule has 0 saturated heterocycles. The number of carbonyl (C=O) groups is 1. The standard InChI is InChI=1S/C33H26BrN3O/c1-20-21(2)36-30-16-23(12-14-25(20)30)33(28-18-35-29-17-24(34)13-15-26(28)29)27-10-6-7-11-31(27)37(32(33)38)19-22-8-4-3-5-9-22/h3-18,35-36H,19H2,1-2H3. The van der Waals surface area contributed by atoms with Crippen molar-refractivity contribution < 1.29 is 4.79 Å². The Morgan fingerprint density at radius 3 is 2.42 bits per heavy atom. The number of aromatic nitrogens is 2. The molecule has 0 radical (unpaired) electrons. The number of nitrogens with zero attached hydrogens (tertiary/aromatic N) is 1. The van der Waals surface area contributed by atoms with Gasteiger partial charge in [-0.3, -0.25) is 4.79 Å². The Morgan fingerprint density at radius 1 is 0.816 bits per heavy atom. The van der Waals surface area contributed by atoms with Crippen molar-refractivity contribution in [3.05, 3.63) is 135 Å². The fraction of sp³-hybridized carbons (Fsp3) is 0.121. The lowest BCUT2D eigenvalue weighted by atomic mass is 9.70. The molecule has 2 aromatic heterocycles. The Bertz CT molecular complexity index is 1870. The van der Waals surface area contributed by atoms with E-state index in [1.807, 2.05) is 47.5 Å². The maximum Gasteiger partial charge on any atom is 0.247 e. The molecule has 7 rings (SSSR count). The molecule has 0 bridgehead atoms. The fourth-order valence-electron chi connectivity index (χ4n) is 6.19. The average molecular weight is 560 g/mol. The first-order chi connectivity index (χ1) is 18.5. The molecule has 4 aromatic carbocycles. The van der Waals surface area contributed by atoms with E-state index in [1.54, 1.807) is 0 Å². The summed E-state index contributed by atoms with van der Waals surface area (Å²) in [5, 5.41) is 2.22. The molecule has 1 aliphatic heterocycles. The lowest BCUT2D eigenvalue weighted by molar-refractivity contribution is -0.120. The van der Waals surface area contributed by atoms with Crippen LogP contribution in [0.3, 0.4) is 0 Å². The molecule has 1 aliphatic rings. The van der Waals surface area contributed by atoms with Gasteiger partial charge in [-0.05, 0) is 54.8 Å². The summed E-state index contributed by atoms with van der Waals surface area (Å²) in [4.78, 5) is 24.0. The van der Waals surface area contributed by atoms with Crippen LogP contribution in [-0.4, -0.2) is 15.9 Å². The van der Waals surface area contributed by atoms with Crippen LogP contribution < -0.4 is 4.90 Å². The Balaban J connectivity index is 1.55. The van der Waals surface area contributed by atoms with Gasteiger partial charge in [-0.25, -0.2) is 0 Å². The molecule has 38 heavy (non-hydrogen) atoms. The van der Waals surface area contributed by atoms with E-state index in [0.717, 1.165) is 54.5 Å². The van der Waals surface area contributed by atoms with Gasteiger partial charge in [-0.2, -0.15) is 0 Å². The van der Waals surface area contributed by atoms with Gasteiger partial charge in [0, 0.05) is 55.0 Å². The van der Waals surface area contributed by atoms with Crippen molar-refractivity contribution in [2.45, 2.75) is 25.8 Å². The molecule has 4 nitrogen and oxygen atoms in total. The van der Waals surface area contributed by atoms with E-state index >= 15 is 0 Å². The minimum absolute atomic E-state index is 0.0609. The number of para-hydroxylation sites is 1. The number of benzene rings is 4. The quantitative estimate of drug-likeness (QED) is 0.226. The highest BCUT2D eigenvalue weighted by molar-refractivity contribution is 9.10. The molecular weight excluding hydrogens is 534 g/mol. The van der Waals surface area contributed by atoms with Crippen molar-refractivity contribution in [2.24, 2.45) is 0 Å². The second-order valence-corrected chi connectivity index (χ2v) is 11.1. The average Bonchev–Trinajstić information content (AvgIpc) is 3.55. The molecule has 0 fully saturated rings. The van der Waals surface area contributed by atoms with Crippen molar-refractivity contribution in [3.8, 4) is 0 Å². The van der Waals surface area contributed by atoms with E-state index in [4.69, 9.17) is 0 Å². The third kappa shape index (κ3) is 3.18. The highest BCUT2D eigenvalue weighted by Crippen LogP contribution is 2.53. The minimum atomic E-state index is -1.00. The van der Waals surface area contributed by atoms with Gasteiger partial charge in [0.05, 0.1) is 6.54 Å². The summed E-state index contributed by atoms with van der Waals surface area (Å²) in [5.74, 6) is 0.0609. The van der Waals surface area contributed by atoms with E-state index < -0.39 is 5.41 Å². The van der Waals surface area contributed by atoms with Crippen LogP contribution in [0.4, 0.5) is 5.69 Å². The summed E-state index contributed by atoms with van der Waals surface area (Å²) in [6.07, 6.45) is 2.02. The zero-order valence-electron chi connectivity index (χ0n) is 21.2. The first kappa shape index (κ1) is 23.1. The SMILES string of the molecule is Cc1[nH]c2cc(C3(c4c[nH]c5cc(Br)ccc45)C(=O)N(Cc4ccccc4)c4ccccc43)ccc2c1C. The van der Waals surface area contributed by atoms with Gasteiger partial charge in [-0.15, -0.1) is 0 Å². The zero-order valence-corrected chi connectivity index (χ0v) is 22.8. The summed E-state index contributed by atoms with van der Waals surface area (Å²) in [6, 6.07) is 31.2. The van der Waals surface area contributed by atoms with E-state index in [-0.39, 0.29) is 5.91 Å². The molecule has 1 unspecified atom stereocenters. The number of aryl methyl sites for hydroxylation is 2. The first-order valence-electron chi connectivity index (χ1n) is 12.8. The van der Waals surface area contributed by atoms with E-state index in [2.05, 4.69) is 94.3 Å². The molecule has 2 N–H and O–H groups in total. The Labute approximate surface area is 229 Å². The van der Waals surface area contributed by atoms with Crippen molar-refractivity contribution in [2.75, 3.05) is 4.90 Å². The molecule has 186 valence electrons. The van der Waals surface area contributed by atoms with Crippen LogP contribution in [0.1, 0.15) is 33.5 Å². The number of rotatable bonds is 4. The van der Waals surface area contributed by atoms with Gasteiger partial charge in [0.15, 0.2) is 0 Å². The molecular formula is C33H26BrN3O. The third-order valence-electron chi connectivity index (χ3n) is 8.14. The van der Waals surface area contributed by atoms with E-state index in [0.29, 0.717) is 6.54 Å². The molecule has 0 spiro atoms. The number of hydrogen-bond donors (Lipinski definition) is 2. The van der Waals surface area contributed by atoms with E-state index in [1.165, 1.54) is 10.9 Å².